The summed E-state index contributed by atoms with van der Waals surface area (Å²) >= 11 is 0. The summed E-state index contributed by atoms with van der Waals surface area (Å²) in [5.74, 6) is 0.0159. The van der Waals surface area contributed by atoms with Gasteiger partial charge in [0.15, 0.2) is 0 Å². The van der Waals surface area contributed by atoms with Crippen LogP contribution < -0.4 is 0 Å². The zero-order valence-electron chi connectivity index (χ0n) is 9.10. The minimum atomic E-state index is -0.352. The second-order valence-electron chi connectivity index (χ2n) is 4.21. The van der Waals surface area contributed by atoms with Gasteiger partial charge in [-0.25, -0.2) is 0 Å². The minimum Gasteiger partial charge on any atom is -0.391 e. The molecule has 15 heavy (non-hydrogen) atoms. The summed E-state index contributed by atoms with van der Waals surface area (Å²) in [5.41, 5.74) is 1.78. The molecule has 2 heterocycles. The summed E-state index contributed by atoms with van der Waals surface area (Å²) < 4.78 is 1.84. The molecule has 82 valence electrons. The maximum Gasteiger partial charge on any atom is 0.270 e. The Labute approximate surface area is 89.1 Å². The van der Waals surface area contributed by atoms with Gasteiger partial charge in [0.25, 0.3) is 5.91 Å². The molecule has 1 amide bonds. The first-order valence-electron chi connectivity index (χ1n) is 5.18. The fourth-order valence-corrected chi connectivity index (χ4v) is 2.03. The predicted octanol–water partition coefficient (Wildman–Crippen LogP) is 0.540. The van der Waals surface area contributed by atoms with Gasteiger partial charge in [0.2, 0.25) is 0 Å². The van der Waals surface area contributed by atoms with Crippen LogP contribution in [0, 0.1) is 6.92 Å². The van der Waals surface area contributed by atoms with Gasteiger partial charge in [-0.3, -0.25) is 4.79 Å². The van der Waals surface area contributed by atoms with Crippen molar-refractivity contribution in [2.75, 3.05) is 13.1 Å². The number of nitrogens with zero attached hydrogens (tertiary/aromatic N) is 2. The van der Waals surface area contributed by atoms with E-state index in [1.807, 2.05) is 30.8 Å². The Balaban J connectivity index is 2.17. The third kappa shape index (κ3) is 1.90. The van der Waals surface area contributed by atoms with Gasteiger partial charge < -0.3 is 14.6 Å². The normalized spacial score (nSPS) is 21.0. The van der Waals surface area contributed by atoms with E-state index < -0.39 is 0 Å². The summed E-state index contributed by atoms with van der Waals surface area (Å²) in [6.07, 6.45) is 2.27. The summed E-state index contributed by atoms with van der Waals surface area (Å²) in [6.45, 7) is 3.09. The van der Waals surface area contributed by atoms with Gasteiger partial charge in [-0.15, -0.1) is 0 Å². The summed E-state index contributed by atoms with van der Waals surface area (Å²) in [5, 5.41) is 9.37. The third-order valence-electron chi connectivity index (χ3n) is 2.81. The van der Waals surface area contributed by atoms with Crippen LogP contribution >= 0.6 is 0 Å². The first kappa shape index (κ1) is 10.2. The molecule has 0 saturated carbocycles. The largest absolute Gasteiger partial charge is 0.391 e. The molecule has 0 aromatic carbocycles. The molecule has 0 bridgehead atoms. The first-order chi connectivity index (χ1) is 7.08. The lowest BCUT2D eigenvalue weighted by Gasteiger charge is -2.15. The lowest BCUT2D eigenvalue weighted by atomic mass is 10.3. The van der Waals surface area contributed by atoms with Gasteiger partial charge in [0.05, 0.1) is 6.10 Å². The van der Waals surface area contributed by atoms with E-state index in [4.69, 9.17) is 0 Å². The number of aliphatic hydroxyl groups is 1. The maximum absolute atomic E-state index is 12.0. The van der Waals surface area contributed by atoms with Crippen molar-refractivity contribution in [2.24, 2.45) is 7.05 Å². The lowest BCUT2D eigenvalue weighted by Crippen LogP contribution is -2.30. The molecule has 0 spiro atoms. The molecule has 4 heteroatoms. The maximum atomic E-state index is 12.0. The number of rotatable bonds is 1. The van der Waals surface area contributed by atoms with Gasteiger partial charge in [-0.05, 0) is 25.0 Å². The van der Waals surface area contributed by atoms with E-state index in [9.17, 15) is 9.90 Å². The van der Waals surface area contributed by atoms with E-state index >= 15 is 0 Å². The second kappa shape index (κ2) is 3.70. The molecule has 1 N–H and O–H groups in total. The van der Waals surface area contributed by atoms with Crippen LogP contribution in [-0.2, 0) is 7.05 Å². The average Bonchev–Trinajstić information content (AvgIpc) is 2.71. The number of aryl methyl sites for hydroxylation is 2. The lowest BCUT2D eigenvalue weighted by molar-refractivity contribution is 0.0755. The van der Waals surface area contributed by atoms with Gasteiger partial charge in [-0.1, -0.05) is 0 Å². The van der Waals surface area contributed by atoms with Crippen molar-refractivity contribution in [2.45, 2.75) is 19.4 Å². The van der Waals surface area contributed by atoms with Crippen LogP contribution in [0.25, 0.3) is 0 Å². The summed E-state index contributed by atoms with van der Waals surface area (Å²) in [4.78, 5) is 13.7. The van der Waals surface area contributed by atoms with Crippen LogP contribution in [0.2, 0.25) is 0 Å². The molecule has 1 fully saturated rings. The highest BCUT2D eigenvalue weighted by atomic mass is 16.3. The van der Waals surface area contributed by atoms with Crippen molar-refractivity contribution >= 4 is 5.91 Å². The van der Waals surface area contributed by atoms with E-state index in [0.717, 1.165) is 5.56 Å². The highest BCUT2D eigenvalue weighted by molar-refractivity contribution is 5.93. The molecule has 1 aromatic heterocycles. The molecule has 4 nitrogen and oxygen atoms in total. The number of hydrogen-bond acceptors (Lipinski definition) is 2. The first-order valence-corrected chi connectivity index (χ1v) is 5.18. The molecule has 1 aromatic rings. The minimum absolute atomic E-state index is 0.0159. The number of amides is 1. The van der Waals surface area contributed by atoms with E-state index in [1.165, 1.54) is 0 Å². The van der Waals surface area contributed by atoms with Crippen LogP contribution in [0.1, 0.15) is 22.5 Å². The van der Waals surface area contributed by atoms with Crippen LogP contribution in [0.4, 0.5) is 0 Å². The molecule has 2 rings (SSSR count). The fraction of sp³-hybridized carbons (Fsp3) is 0.545. The second-order valence-corrected chi connectivity index (χ2v) is 4.21. The van der Waals surface area contributed by atoms with Crippen LogP contribution in [0.15, 0.2) is 12.3 Å². The molecule has 1 atom stereocenters. The van der Waals surface area contributed by atoms with Gasteiger partial charge >= 0.3 is 0 Å². The predicted molar refractivity (Wildman–Crippen MR) is 56.7 cm³/mol. The standard InChI is InChI=1S/C11H16N2O2/c1-8-5-10(12(2)6-8)11(15)13-4-3-9(14)7-13/h5-6,9,14H,3-4,7H2,1-2H3/t9-/m0/s1. The summed E-state index contributed by atoms with van der Waals surface area (Å²) in [6, 6.07) is 1.88. The Hall–Kier alpha value is -1.29. The molecule has 1 aliphatic rings. The van der Waals surface area contributed by atoms with Gasteiger partial charge in [-0.2, -0.15) is 0 Å². The number of aliphatic hydroxyl groups excluding tert-OH is 1. The zero-order valence-corrected chi connectivity index (χ0v) is 9.10. The quantitative estimate of drug-likeness (QED) is 0.732. The van der Waals surface area contributed by atoms with Crippen molar-refractivity contribution in [3.8, 4) is 0 Å². The Morgan fingerprint density at radius 1 is 1.60 bits per heavy atom. The fourth-order valence-electron chi connectivity index (χ4n) is 2.03. The van der Waals surface area contributed by atoms with Gasteiger partial charge in [0.1, 0.15) is 5.69 Å². The number of hydrogen-bond donors (Lipinski definition) is 1. The summed E-state index contributed by atoms with van der Waals surface area (Å²) in [7, 11) is 1.87. The number of carbonyl (C=O) groups is 1. The Morgan fingerprint density at radius 2 is 2.33 bits per heavy atom. The molecular weight excluding hydrogens is 192 g/mol. The van der Waals surface area contributed by atoms with E-state index in [2.05, 4.69) is 0 Å². The van der Waals surface area contributed by atoms with Crippen LogP contribution in [0.3, 0.4) is 0 Å². The molecule has 0 radical (unpaired) electrons. The smallest absolute Gasteiger partial charge is 0.270 e. The topological polar surface area (TPSA) is 45.5 Å². The average molecular weight is 208 g/mol. The number of carbonyl (C=O) groups excluding carboxylic acids is 1. The molecule has 0 aliphatic carbocycles. The van der Waals surface area contributed by atoms with E-state index in [-0.39, 0.29) is 12.0 Å². The molecular formula is C11H16N2O2. The monoisotopic (exact) mass is 208 g/mol. The van der Waals surface area contributed by atoms with E-state index in [1.54, 1.807) is 4.90 Å². The van der Waals surface area contributed by atoms with Crippen molar-refractivity contribution < 1.29 is 9.90 Å². The molecule has 1 aliphatic heterocycles. The number of aromatic nitrogens is 1. The van der Waals surface area contributed by atoms with Crippen LogP contribution in [-0.4, -0.2) is 39.7 Å². The number of likely N-dealkylation sites (tertiary alicyclic amines) is 1. The Morgan fingerprint density at radius 3 is 2.80 bits per heavy atom. The van der Waals surface area contributed by atoms with Crippen molar-refractivity contribution in [1.82, 2.24) is 9.47 Å². The third-order valence-corrected chi connectivity index (χ3v) is 2.81. The van der Waals surface area contributed by atoms with Crippen LogP contribution in [0.5, 0.6) is 0 Å². The SMILES string of the molecule is Cc1cc(C(=O)N2CC[C@H](O)C2)n(C)c1. The Bertz CT molecular complexity index is 384. The highest BCUT2D eigenvalue weighted by Crippen LogP contribution is 2.14. The number of β-amino-alcohol motifs (C(OH)–C–C–N with tert-alkyl or cyclic N) is 1. The van der Waals surface area contributed by atoms with Crippen molar-refractivity contribution in [3.05, 3.63) is 23.5 Å². The van der Waals surface area contributed by atoms with E-state index in [0.29, 0.717) is 25.2 Å². The Kier molecular flexibility index (Phi) is 2.52. The molecule has 0 unspecified atom stereocenters. The van der Waals surface area contributed by atoms with Crippen molar-refractivity contribution in [1.29, 1.82) is 0 Å². The van der Waals surface area contributed by atoms with Gasteiger partial charge in [0, 0.05) is 26.3 Å². The molecule has 1 saturated heterocycles. The van der Waals surface area contributed by atoms with Crippen molar-refractivity contribution in [3.63, 3.8) is 0 Å². The zero-order chi connectivity index (χ0) is 11.0. The highest BCUT2D eigenvalue weighted by Gasteiger charge is 2.26.